The Morgan fingerprint density at radius 1 is 0.679 bits per heavy atom. The van der Waals surface area contributed by atoms with Gasteiger partial charge in [-0.2, -0.15) is 0 Å². The van der Waals surface area contributed by atoms with Crippen LogP contribution in [0.1, 0.15) is 88.2 Å². The molecule has 3 aliphatic rings. The van der Waals surface area contributed by atoms with Crippen LogP contribution in [-0.4, -0.2) is 0 Å². The minimum Gasteiger partial charge on any atom is -0.0851 e. The van der Waals surface area contributed by atoms with E-state index in [1.165, 1.54) is 69.8 Å². The van der Waals surface area contributed by atoms with Gasteiger partial charge in [0.05, 0.1) is 0 Å². The van der Waals surface area contributed by atoms with Crippen LogP contribution in [-0.2, 0) is 0 Å². The minimum absolute atomic E-state index is 0.714. The summed E-state index contributed by atoms with van der Waals surface area (Å²) in [5, 5.41) is 0. The van der Waals surface area contributed by atoms with E-state index in [0.717, 1.165) is 29.6 Å². The van der Waals surface area contributed by atoms with Crippen molar-refractivity contribution in [3.05, 3.63) is 59.7 Å². The molecule has 152 valence electrons. The average Bonchev–Trinajstić information content (AvgIpc) is 2.74. The molecule has 0 bridgehead atoms. The Bertz CT molecular complexity index is 648. The fourth-order valence-electron chi connectivity index (χ4n) is 6.01. The lowest BCUT2D eigenvalue weighted by Crippen LogP contribution is -2.25. The molecular weight excluding hydrogens is 336 g/mol. The van der Waals surface area contributed by atoms with E-state index in [-0.39, 0.29) is 0 Å². The third kappa shape index (κ3) is 5.19. The lowest BCUT2D eigenvalue weighted by Gasteiger charge is -2.37. The molecule has 0 aliphatic heterocycles. The topological polar surface area (TPSA) is 0 Å². The first-order chi connectivity index (χ1) is 13.7. The maximum atomic E-state index is 2.58. The number of hydrogen-bond acceptors (Lipinski definition) is 0. The Labute approximate surface area is 173 Å². The summed E-state index contributed by atoms with van der Waals surface area (Å²) in [7, 11) is 0. The molecule has 2 atom stereocenters. The second-order valence-electron chi connectivity index (χ2n) is 10.2. The van der Waals surface area contributed by atoms with Gasteiger partial charge in [-0.05, 0) is 112 Å². The first-order valence-corrected chi connectivity index (χ1v) is 12.1. The molecule has 0 N–H and O–H groups in total. The van der Waals surface area contributed by atoms with Crippen molar-refractivity contribution >= 4 is 0 Å². The molecule has 0 spiro atoms. The highest BCUT2D eigenvalue weighted by molar-refractivity contribution is 5.24. The monoisotopic (exact) mass is 376 g/mol. The van der Waals surface area contributed by atoms with Crippen molar-refractivity contribution in [1.29, 1.82) is 0 Å². The quantitative estimate of drug-likeness (QED) is 0.464. The van der Waals surface area contributed by atoms with E-state index in [2.05, 4.69) is 62.4 Å². The molecule has 3 aliphatic carbocycles. The van der Waals surface area contributed by atoms with Gasteiger partial charge in [0.25, 0.3) is 0 Å². The summed E-state index contributed by atoms with van der Waals surface area (Å²) in [5.41, 5.74) is 2.97. The molecule has 0 heterocycles. The van der Waals surface area contributed by atoms with Crippen molar-refractivity contribution in [1.82, 2.24) is 0 Å². The van der Waals surface area contributed by atoms with Crippen LogP contribution >= 0.6 is 0 Å². The van der Waals surface area contributed by atoms with Crippen molar-refractivity contribution in [2.45, 2.75) is 84.0 Å². The lowest BCUT2D eigenvalue weighted by molar-refractivity contribution is 0.171. The second-order valence-corrected chi connectivity index (χ2v) is 10.2. The molecule has 0 amide bonds. The van der Waals surface area contributed by atoms with Gasteiger partial charge in [-0.15, -0.1) is 0 Å². The molecule has 0 saturated heterocycles. The molecule has 1 aromatic carbocycles. The summed E-state index contributed by atoms with van der Waals surface area (Å²) in [5.74, 6) is 5.20. The number of rotatable bonds is 4. The predicted octanol–water partition coefficient (Wildman–Crippen LogP) is 8.23. The number of hydrogen-bond donors (Lipinski definition) is 0. The Hall–Kier alpha value is -1.30. The van der Waals surface area contributed by atoms with Crippen LogP contribution in [0.2, 0.25) is 0 Å². The van der Waals surface area contributed by atoms with E-state index in [1.807, 2.05) is 0 Å². The zero-order valence-electron chi connectivity index (χ0n) is 18.2. The van der Waals surface area contributed by atoms with Gasteiger partial charge in [-0.1, -0.05) is 61.1 Å². The Morgan fingerprint density at radius 2 is 1.32 bits per heavy atom. The van der Waals surface area contributed by atoms with Crippen LogP contribution in [0.3, 0.4) is 0 Å². The van der Waals surface area contributed by atoms with E-state index in [1.54, 1.807) is 5.56 Å². The molecule has 0 aromatic heterocycles. The molecule has 0 heteroatoms. The predicted molar refractivity (Wildman–Crippen MR) is 121 cm³/mol. The molecule has 2 saturated carbocycles. The first-order valence-electron chi connectivity index (χ1n) is 12.1. The first kappa shape index (κ1) is 20.0. The van der Waals surface area contributed by atoms with Crippen molar-refractivity contribution < 1.29 is 0 Å². The highest BCUT2D eigenvalue weighted by Gasteiger charge is 2.30. The van der Waals surface area contributed by atoms with Crippen molar-refractivity contribution in [2.75, 3.05) is 0 Å². The molecule has 2 fully saturated rings. The summed E-state index contributed by atoms with van der Waals surface area (Å²) in [6, 6.07) is 9.33. The third-order valence-electron chi connectivity index (χ3n) is 8.08. The van der Waals surface area contributed by atoms with Gasteiger partial charge in [0.1, 0.15) is 0 Å². The Morgan fingerprint density at radius 3 is 1.93 bits per heavy atom. The van der Waals surface area contributed by atoms with Gasteiger partial charge >= 0.3 is 0 Å². The summed E-state index contributed by atoms with van der Waals surface area (Å²) in [6.07, 6.45) is 24.3. The van der Waals surface area contributed by atoms with Crippen molar-refractivity contribution in [3.63, 3.8) is 0 Å². The summed E-state index contributed by atoms with van der Waals surface area (Å²) in [6.45, 7) is 4.53. The normalized spacial score (nSPS) is 36.6. The molecule has 0 radical (unpaired) electrons. The third-order valence-corrected chi connectivity index (χ3v) is 8.08. The second kappa shape index (κ2) is 9.47. The summed E-state index contributed by atoms with van der Waals surface area (Å²) < 4.78 is 0. The molecule has 28 heavy (non-hydrogen) atoms. The average molecular weight is 377 g/mol. The smallest absolute Gasteiger partial charge is 0.00531 e. The Balaban J connectivity index is 1.20. The highest BCUT2D eigenvalue weighted by atomic mass is 14.4. The van der Waals surface area contributed by atoms with Crippen LogP contribution in [0.15, 0.2) is 48.6 Å². The van der Waals surface area contributed by atoms with Crippen LogP contribution in [0.4, 0.5) is 0 Å². The van der Waals surface area contributed by atoms with Crippen molar-refractivity contribution in [3.8, 4) is 0 Å². The van der Waals surface area contributed by atoms with Crippen LogP contribution in [0.5, 0.6) is 0 Å². The molecule has 2 unspecified atom stereocenters. The maximum absolute atomic E-state index is 2.58. The summed E-state index contributed by atoms with van der Waals surface area (Å²) in [4.78, 5) is 0. The number of allylic oxidation sites excluding steroid dienone is 4. The SMILES string of the molecule is Cc1ccc(C2CCC(C3CCC(/C=C/C4C=CC(C)CC4)CC3)CC2)cc1. The van der Waals surface area contributed by atoms with Crippen LogP contribution in [0, 0.1) is 36.5 Å². The van der Waals surface area contributed by atoms with Gasteiger partial charge < -0.3 is 0 Å². The van der Waals surface area contributed by atoms with E-state index in [0.29, 0.717) is 5.92 Å². The van der Waals surface area contributed by atoms with Gasteiger partial charge in [0.15, 0.2) is 0 Å². The van der Waals surface area contributed by atoms with Gasteiger partial charge in [-0.3, -0.25) is 0 Å². The van der Waals surface area contributed by atoms with E-state index in [9.17, 15) is 0 Å². The van der Waals surface area contributed by atoms with E-state index in [4.69, 9.17) is 0 Å². The highest BCUT2D eigenvalue weighted by Crippen LogP contribution is 2.44. The maximum Gasteiger partial charge on any atom is -0.00531 e. The molecule has 1 aromatic rings. The standard InChI is InChI=1S/C28H40/c1-21-3-7-23(8-4-21)9-10-24-11-15-26(16-12-24)28-19-17-27(18-20-28)25-13-5-22(2)6-14-25/h3,5-7,9-10,13-14,21,23-24,26-28H,4,8,11-12,15-20H2,1-2H3/b10-9+. The fourth-order valence-corrected chi connectivity index (χ4v) is 6.01. The van der Waals surface area contributed by atoms with Crippen LogP contribution < -0.4 is 0 Å². The molecule has 0 nitrogen and oxygen atoms in total. The van der Waals surface area contributed by atoms with Gasteiger partial charge in [0.2, 0.25) is 0 Å². The zero-order valence-corrected chi connectivity index (χ0v) is 18.2. The van der Waals surface area contributed by atoms with Gasteiger partial charge in [0, 0.05) is 0 Å². The fraction of sp³-hybridized carbons (Fsp3) is 0.643. The van der Waals surface area contributed by atoms with E-state index < -0.39 is 0 Å². The lowest BCUT2D eigenvalue weighted by atomic mass is 9.68. The number of aryl methyl sites for hydroxylation is 1. The Kier molecular flexibility index (Phi) is 6.76. The molecular formula is C28H40. The van der Waals surface area contributed by atoms with E-state index >= 15 is 0 Å². The van der Waals surface area contributed by atoms with Crippen LogP contribution in [0.25, 0.3) is 0 Å². The zero-order chi connectivity index (χ0) is 19.3. The van der Waals surface area contributed by atoms with Gasteiger partial charge in [-0.25, -0.2) is 0 Å². The largest absolute Gasteiger partial charge is 0.0851 e. The molecule has 4 rings (SSSR count). The summed E-state index contributed by atoms with van der Waals surface area (Å²) >= 11 is 0. The van der Waals surface area contributed by atoms with Crippen molar-refractivity contribution in [2.24, 2.45) is 29.6 Å². The minimum atomic E-state index is 0.714. The number of benzene rings is 1.